The summed E-state index contributed by atoms with van der Waals surface area (Å²) >= 11 is 1.86. The fourth-order valence-corrected chi connectivity index (χ4v) is 4.97. The van der Waals surface area contributed by atoms with E-state index in [1.165, 1.54) is 47.1 Å². The van der Waals surface area contributed by atoms with E-state index in [0.717, 1.165) is 29.4 Å². The van der Waals surface area contributed by atoms with E-state index in [1.807, 2.05) is 30.4 Å². The molecular weight excluding hydrogens is 342 g/mol. The highest BCUT2D eigenvalue weighted by Gasteiger charge is 2.20. The SMILES string of the molecule is CCOc1ccc(CN(C)c2ncnc3sc4c(c23)CCCCC4)cc1. The Bertz CT molecular complexity index is 888. The summed E-state index contributed by atoms with van der Waals surface area (Å²) in [6.07, 6.45) is 7.96. The zero-order valence-corrected chi connectivity index (χ0v) is 16.3. The molecule has 2 heterocycles. The molecule has 4 nitrogen and oxygen atoms in total. The molecule has 4 rings (SSSR count). The minimum atomic E-state index is 0.696. The van der Waals surface area contributed by atoms with Gasteiger partial charge in [0.25, 0.3) is 0 Å². The quantitative estimate of drug-likeness (QED) is 0.595. The highest BCUT2D eigenvalue weighted by atomic mass is 32.1. The van der Waals surface area contributed by atoms with Crippen molar-refractivity contribution in [1.29, 1.82) is 0 Å². The normalized spacial score (nSPS) is 14.1. The molecule has 0 bridgehead atoms. The Hall–Kier alpha value is -2.14. The number of anilines is 1. The van der Waals surface area contributed by atoms with Crippen LogP contribution in [0.1, 0.15) is 42.2 Å². The van der Waals surface area contributed by atoms with E-state index in [4.69, 9.17) is 4.74 Å². The van der Waals surface area contributed by atoms with Gasteiger partial charge in [0.2, 0.25) is 0 Å². The highest BCUT2D eigenvalue weighted by molar-refractivity contribution is 7.18. The number of rotatable bonds is 5. The molecule has 136 valence electrons. The fourth-order valence-electron chi connectivity index (χ4n) is 3.75. The maximum Gasteiger partial charge on any atom is 0.141 e. The predicted molar refractivity (Wildman–Crippen MR) is 108 cm³/mol. The van der Waals surface area contributed by atoms with Crippen LogP contribution in [0.2, 0.25) is 0 Å². The minimum absolute atomic E-state index is 0.696. The average molecular weight is 368 g/mol. The van der Waals surface area contributed by atoms with Crippen LogP contribution in [0.4, 0.5) is 5.82 Å². The summed E-state index contributed by atoms with van der Waals surface area (Å²) in [4.78, 5) is 14.1. The molecule has 2 aromatic heterocycles. The monoisotopic (exact) mass is 367 g/mol. The summed E-state index contributed by atoms with van der Waals surface area (Å²) in [6, 6.07) is 8.35. The second-order valence-electron chi connectivity index (χ2n) is 6.87. The third-order valence-electron chi connectivity index (χ3n) is 5.00. The summed E-state index contributed by atoms with van der Waals surface area (Å²) in [7, 11) is 2.12. The van der Waals surface area contributed by atoms with Gasteiger partial charge < -0.3 is 9.64 Å². The van der Waals surface area contributed by atoms with E-state index < -0.39 is 0 Å². The highest BCUT2D eigenvalue weighted by Crippen LogP contribution is 2.38. The topological polar surface area (TPSA) is 38.2 Å². The van der Waals surface area contributed by atoms with Gasteiger partial charge >= 0.3 is 0 Å². The number of hydrogen-bond donors (Lipinski definition) is 0. The smallest absolute Gasteiger partial charge is 0.141 e. The van der Waals surface area contributed by atoms with E-state index in [2.05, 4.69) is 34.0 Å². The number of aryl methyl sites for hydroxylation is 2. The molecule has 0 saturated carbocycles. The maximum atomic E-state index is 5.54. The van der Waals surface area contributed by atoms with Crippen molar-refractivity contribution in [2.75, 3.05) is 18.6 Å². The van der Waals surface area contributed by atoms with E-state index in [0.29, 0.717) is 6.61 Å². The Morgan fingerprint density at radius 2 is 1.88 bits per heavy atom. The molecule has 0 spiro atoms. The van der Waals surface area contributed by atoms with Crippen molar-refractivity contribution in [2.45, 2.75) is 45.6 Å². The molecule has 1 aliphatic carbocycles. The van der Waals surface area contributed by atoms with Crippen molar-refractivity contribution in [2.24, 2.45) is 0 Å². The van der Waals surface area contributed by atoms with Gasteiger partial charge in [0.1, 0.15) is 22.7 Å². The predicted octanol–water partition coefficient (Wildman–Crippen LogP) is 5.00. The largest absolute Gasteiger partial charge is 0.494 e. The second-order valence-corrected chi connectivity index (χ2v) is 7.96. The van der Waals surface area contributed by atoms with E-state index >= 15 is 0 Å². The lowest BCUT2D eigenvalue weighted by Crippen LogP contribution is -2.18. The van der Waals surface area contributed by atoms with Gasteiger partial charge in [-0.1, -0.05) is 18.6 Å². The number of hydrogen-bond acceptors (Lipinski definition) is 5. The van der Waals surface area contributed by atoms with E-state index in [-0.39, 0.29) is 0 Å². The molecule has 0 radical (unpaired) electrons. The number of nitrogens with zero attached hydrogens (tertiary/aromatic N) is 3. The zero-order chi connectivity index (χ0) is 17.9. The van der Waals surface area contributed by atoms with Gasteiger partial charge in [-0.2, -0.15) is 0 Å². The molecule has 0 amide bonds. The van der Waals surface area contributed by atoms with Gasteiger partial charge in [0.15, 0.2) is 0 Å². The van der Waals surface area contributed by atoms with Crippen molar-refractivity contribution in [3.63, 3.8) is 0 Å². The van der Waals surface area contributed by atoms with Crippen LogP contribution < -0.4 is 9.64 Å². The van der Waals surface area contributed by atoms with Crippen LogP contribution >= 0.6 is 11.3 Å². The number of thiophene rings is 1. The van der Waals surface area contributed by atoms with Gasteiger partial charge in [0.05, 0.1) is 12.0 Å². The van der Waals surface area contributed by atoms with Crippen LogP contribution in [0.25, 0.3) is 10.2 Å². The first-order chi connectivity index (χ1) is 12.8. The van der Waals surface area contributed by atoms with Gasteiger partial charge in [-0.15, -0.1) is 11.3 Å². The number of ether oxygens (including phenoxy) is 1. The molecule has 0 unspecified atom stereocenters. The van der Waals surface area contributed by atoms with Crippen molar-refractivity contribution in [3.05, 3.63) is 46.6 Å². The van der Waals surface area contributed by atoms with E-state index in [9.17, 15) is 0 Å². The molecule has 0 N–H and O–H groups in total. The molecule has 3 aromatic rings. The average Bonchev–Trinajstić information content (AvgIpc) is 2.85. The van der Waals surface area contributed by atoms with Crippen LogP contribution in [-0.4, -0.2) is 23.6 Å². The van der Waals surface area contributed by atoms with Crippen molar-refractivity contribution >= 4 is 27.4 Å². The maximum absolute atomic E-state index is 5.54. The lowest BCUT2D eigenvalue weighted by atomic mass is 10.1. The van der Waals surface area contributed by atoms with Crippen LogP contribution in [0.3, 0.4) is 0 Å². The van der Waals surface area contributed by atoms with Crippen molar-refractivity contribution in [1.82, 2.24) is 9.97 Å². The molecule has 1 aromatic carbocycles. The summed E-state index contributed by atoms with van der Waals surface area (Å²) in [6.45, 7) is 3.52. The number of fused-ring (bicyclic) bond motifs is 3. The lowest BCUT2D eigenvalue weighted by Gasteiger charge is -2.20. The third kappa shape index (κ3) is 3.40. The lowest BCUT2D eigenvalue weighted by molar-refractivity contribution is 0.340. The Morgan fingerprint density at radius 3 is 2.69 bits per heavy atom. The molecule has 0 aliphatic heterocycles. The zero-order valence-electron chi connectivity index (χ0n) is 15.5. The van der Waals surface area contributed by atoms with Gasteiger partial charge in [0, 0.05) is 18.5 Å². The van der Waals surface area contributed by atoms with Crippen LogP contribution in [0.5, 0.6) is 5.75 Å². The molecule has 26 heavy (non-hydrogen) atoms. The third-order valence-corrected chi connectivity index (χ3v) is 6.20. The Morgan fingerprint density at radius 1 is 1.08 bits per heavy atom. The fraction of sp³-hybridized carbons (Fsp3) is 0.429. The van der Waals surface area contributed by atoms with Crippen molar-refractivity contribution in [3.8, 4) is 5.75 Å². The Labute approximate surface area is 158 Å². The first-order valence-corrected chi connectivity index (χ1v) is 10.3. The van der Waals surface area contributed by atoms with Gasteiger partial charge in [-0.25, -0.2) is 9.97 Å². The first-order valence-electron chi connectivity index (χ1n) is 9.44. The van der Waals surface area contributed by atoms with Crippen LogP contribution in [0.15, 0.2) is 30.6 Å². The molecular formula is C21H25N3OS. The molecule has 5 heteroatoms. The van der Waals surface area contributed by atoms with Gasteiger partial charge in [-0.05, 0) is 55.9 Å². The molecule has 0 saturated heterocycles. The van der Waals surface area contributed by atoms with E-state index in [1.54, 1.807) is 6.33 Å². The molecule has 0 atom stereocenters. The summed E-state index contributed by atoms with van der Waals surface area (Å²) in [5.41, 5.74) is 2.75. The molecule has 0 fully saturated rings. The van der Waals surface area contributed by atoms with Crippen LogP contribution in [0, 0.1) is 0 Å². The second kappa shape index (κ2) is 7.62. The Kier molecular flexibility index (Phi) is 5.07. The first kappa shape index (κ1) is 17.3. The van der Waals surface area contributed by atoms with Crippen LogP contribution in [-0.2, 0) is 19.4 Å². The number of aromatic nitrogens is 2. The summed E-state index contributed by atoms with van der Waals surface area (Å²) in [5, 5.41) is 1.28. The minimum Gasteiger partial charge on any atom is -0.494 e. The summed E-state index contributed by atoms with van der Waals surface area (Å²) in [5.74, 6) is 1.98. The number of benzene rings is 1. The summed E-state index contributed by atoms with van der Waals surface area (Å²) < 4.78 is 5.54. The van der Waals surface area contributed by atoms with Crippen molar-refractivity contribution < 1.29 is 4.74 Å². The van der Waals surface area contributed by atoms with Gasteiger partial charge in [-0.3, -0.25) is 0 Å². The molecule has 1 aliphatic rings. The Balaban J connectivity index is 1.64. The standard InChI is InChI=1S/C21H25N3OS/c1-3-25-16-11-9-15(10-12-16)13-24(2)20-19-17-7-5-4-6-8-18(17)26-21(19)23-14-22-20/h9-12,14H,3-8,13H2,1-2H3.